The van der Waals surface area contributed by atoms with E-state index in [1.165, 1.54) is 0 Å². The maximum atomic E-state index is 11.4. The Morgan fingerprint density at radius 3 is 2.58 bits per heavy atom. The number of nitrogens with zero attached hydrogens (tertiary/aromatic N) is 1. The molecule has 1 heterocycles. The molecular weight excluding hydrogens is 152 g/mol. The Balaban J connectivity index is 2.27. The predicted molar refractivity (Wildman–Crippen MR) is 49.1 cm³/mol. The molecule has 3 heteroatoms. The van der Waals surface area contributed by atoms with Gasteiger partial charge in [-0.1, -0.05) is 6.92 Å². The maximum absolute atomic E-state index is 11.4. The largest absolute Gasteiger partial charge is 0.336 e. The number of carbonyl (C=O) groups is 1. The predicted octanol–water partition coefficient (Wildman–Crippen LogP) is 1.59. The molecule has 0 aliphatic carbocycles. The number of hydrogen-bond donors (Lipinski definition) is 1. The Hall–Kier alpha value is -0.730. The third kappa shape index (κ3) is 2.40. The van der Waals surface area contributed by atoms with Gasteiger partial charge >= 0.3 is 6.03 Å². The summed E-state index contributed by atoms with van der Waals surface area (Å²) in [5, 5.41) is 2.96. The van der Waals surface area contributed by atoms with E-state index in [0.717, 1.165) is 32.4 Å². The molecule has 0 radical (unpaired) electrons. The average molecular weight is 170 g/mol. The first-order valence-corrected chi connectivity index (χ1v) is 4.79. The highest BCUT2D eigenvalue weighted by Gasteiger charge is 2.18. The summed E-state index contributed by atoms with van der Waals surface area (Å²) in [7, 11) is 0. The summed E-state index contributed by atoms with van der Waals surface area (Å²) in [6.45, 7) is 5.98. The van der Waals surface area contributed by atoms with Gasteiger partial charge in [-0.15, -0.1) is 0 Å². The Morgan fingerprint density at radius 2 is 2.08 bits per heavy atom. The van der Waals surface area contributed by atoms with Crippen molar-refractivity contribution in [1.29, 1.82) is 0 Å². The van der Waals surface area contributed by atoms with Crippen LogP contribution < -0.4 is 5.32 Å². The third-order valence-electron chi connectivity index (χ3n) is 2.38. The zero-order valence-electron chi connectivity index (χ0n) is 7.97. The van der Waals surface area contributed by atoms with Gasteiger partial charge in [0.1, 0.15) is 0 Å². The molecule has 0 aromatic rings. The first-order valence-electron chi connectivity index (χ1n) is 4.79. The van der Waals surface area contributed by atoms with E-state index in [9.17, 15) is 4.79 Å². The molecule has 70 valence electrons. The summed E-state index contributed by atoms with van der Waals surface area (Å²) >= 11 is 0. The Bertz CT molecular complexity index is 153. The molecule has 12 heavy (non-hydrogen) atoms. The van der Waals surface area contributed by atoms with Crippen LogP contribution in [0, 0.1) is 0 Å². The number of urea groups is 1. The van der Waals surface area contributed by atoms with Gasteiger partial charge in [-0.25, -0.2) is 4.79 Å². The third-order valence-corrected chi connectivity index (χ3v) is 2.38. The fraction of sp³-hybridized carbons (Fsp3) is 0.889. The minimum atomic E-state index is 0.113. The Morgan fingerprint density at radius 1 is 1.50 bits per heavy atom. The molecule has 1 atom stereocenters. The lowest BCUT2D eigenvalue weighted by atomic mass is 10.3. The lowest BCUT2D eigenvalue weighted by Gasteiger charge is -2.19. The molecule has 1 rings (SSSR count). The summed E-state index contributed by atoms with van der Waals surface area (Å²) in [6.07, 6.45) is 3.32. The second-order valence-corrected chi connectivity index (χ2v) is 3.45. The van der Waals surface area contributed by atoms with Crippen molar-refractivity contribution in [3.05, 3.63) is 0 Å². The van der Waals surface area contributed by atoms with Gasteiger partial charge in [0.05, 0.1) is 0 Å². The second kappa shape index (κ2) is 4.33. The number of nitrogens with one attached hydrogen (secondary N) is 1. The summed E-state index contributed by atoms with van der Waals surface area (Å²) in [5.74, 6) is 0. The topological polar surface area (TPSA) is 32.3 Å². The first-order chi connectivity index (χ1) is 5.74. The molecule has 0 bridgehead atoms. The van der Waals surface area contributed by atoms with Crippen LogP contribution in [-0.2, 0) is 0 Å². The van der Waals surface area contributed by atoms with Crippen LogP contribution in [0.15, 0.2) is 0 Å². The fourth-order valence-electron chi connectivity index (χ4n) is 1.32. The summed E-state index contributed by atoms with van der Waals surface area (Å²) in [4.78, 5) is 13.3. The van der Waals surface area contributed by atoms with Crippen molar-refractivity contribution >= 4 is 6.03 Å². The van der Waals surface area contributed by atoms with Gasteiger partial charge in [0, 0.05) is 19.1 Å². The van der Waals surface area contributed by atoms with E-state index < -0.39 is 0 Å². The van der Waals surface area contributed by atoms with Crippen molar-refractivity contribution in [2.24, 2.45) is 0 Å². The van der Waals surface area contributed by atoms with Crippen LogP contribution in [0.1, 0.15) is 33.1 Å². The molecule has 3 nitrogen and oxygen atoms in total. The van der Waals surface area contributed by atoms with Crippen molar-refractivity contribution in [3.8, 4) is 0 Å². The van der Waals surface area contributed by atoms with E-state index in [0.29, 0.717) is 6.04 Å². The van der Waals surface area contributed by atoms with Crippen LogP contribution in [-0.4, -0.2) is 30.1 Å². The smallest absolute Gasteiger partial charge is 0.317 e. The number of carbonyl (C=O) groups excluding carboxylic acids is 1. The summed E-state index contributed by atoms with van der Waals surface area (Å²) in [6, 6.07) is 0.417. The molecule has 1 aliphatic rings. The number of hydrogen-bond acceptors (Lipinski definition) is 1. The minimum Gasteiger partial charge on any atom is -0.336 e. The zero-order chi connectivity index (χ0) is 8.97. The van der Waals surface area contributed by atoms with E-state index >= 15 is 0 Å². The molecule has 1 saturated heterocycles. The zero-order valence-corrected chi connectivity index (χ0v) is 7.97. The highest BCUT2D eigenvalue weighted by Crippen LogP contribution is 2.07. The molecule has 1 fully saturated rings. The van der Waals surface area contributed by atoms with Crippen LogP contribution in [0.3, 0.4) is 0 Å². The SMILES string of the molecule is CCC(C)NC(=O)N1CCCC1. The van der Waals surface area contributed by atoms with Gasteiger partial charge in [0.15, 0.2) is 0 Å². The van der Waals surface area contributed by atoms with Crippen LogP contribution in [0.2, 0.25) is 0 Å². The maximum Gasteiger partial charge on any atom is 0.317 e. The molecule has 1 aliphatic heterocycles. The lowest BCUT2D eigenvalue weighted by Crippen LogP contribution is -2.42. The quantitative estimate of drug-likeness (QED) is 0.670. The number of rotatable bonds is 2. The van der Waals surface area contributed by atoms with E-state index in [4.69, 9.17) is 0 Å². The number of likely N-dealkylation sites (tertiary alicyclic amines) is 1. The normalized spacial score (nSPS) is 19.3. The van der Waals surface area contributed by atoms with E-state index in [-0.39, 0.29) is 6.03 Å². The fourth-order valence-corrected chi connectivity index (χ4v) is 1.32. The second-order valence-electron chi connectivity index (χ2n) is 3.45. The van der Waals surface area contributed by atoms with Gasteiger partial charge in [0.2, 0.25) is 0 Å². The first kappa shape index (κ1) is 9.36. The highest BCUT2D eigenvalue weighted by atomic mass is 16.2. The monoisotopic (exact) mass is 170 g/mol. The standard InChI is InChI=1S/C9H18N2O/c1-3-8(2)10-9(12)11-6-4-5-7-11/h8H,3-7H2,1-2H3,(H,10,12). The van der Waals surface area contributed by atoms with Gasteiger partial charge < -0.3 is 10.2 Å². The highest BCUT2D eigenvalue weighted by molar-refractivity contribution is 5.74. The molecule has 0 aromatic carbocycles. The van der Waals surface area contributed by atoms with Gasteiger partial charge in [0.25, 0.3) is 0 Å². The van der Waals surface area contributed by atoms with Gasteiger partial charge in [-0.2, -0.15) is 0 Å². The van der Waals surface area contributed by atoms with Crippen molar-refractivity contribution in [3.63, 3.8) is 0 Å². The van der Waals surface area contributed by atoms with Crippen molar-refractivity contribution in [2.45, 2.75) is 39.2 Å². The molecule has 1 unspecified atom stereocenters. The minimum absolute atomic E-state index is 0.113. The van der Waals surface area contributed by atoms with Gasteiger partial charge in [-0.3, -0.25) is 0 Å². The summed E-state index contributed by atoms with van der Waals surface area (Å²) in [5.41, 5.74) is 0. The molecule has 0 saturated carbocycles. The molecule has 2 amide bonds. The Labute approximate surface area is 74.1 Å². The molecule has 0 spiro atoms. The lowest BCUT2D eigenvalue weighted by molar-refractivity contribution is 0.205. The van der Waals surface area contributed by atoms with Crippen molar-refractivity contribution < 1.29 is 4.79 Å². The van der Waals surface area contributed by atoms with E-state index in [1.807, 2.05) is 11.8 Å². The van der Waals surface area contributed by atoms with Crippen LogP contribution >= 0.6 is 0 Å². The van der Waals surface area contributed by atoms with Crippen molar-refractivity contribution in [1.82, 2.24) is 10.2 Å². The van der Waals surface area contributed by atoms with Crippen LogP contribution in [0.25, 0.3) is 0 Å². The molecular formula is C9H18N2O. The van der Waals surface area contributed by atoms with Crippen LogP contribution in [0.4, 0.5) is 4.79 Å². The molecule has 1 N–H and O–H groups in total. The number of amides is 2. The molecule has 0 aromatic heterocycles. The average Bonchev–Trinajstić information content (AvgIpc) is 2.56. The van der Waals surface area contributed by atoms with Gasteiger partial charge in [-0.05, 0) is 26.2 Å². The van der Waals surface area contributed by atoms with E-state index in [1.54, 1.807) is 0 Å². The van der Waals surface area contributed by atoms with Crippen LogP contribution in [0.5, 0.6) is 0 Å². The summed E-state index contributed by atoms with van der Waals surface area (Å²) < 4.78 is 0. The Kier molecular flexibility index (Phi) is 3.38. The van der Waals surface area contributed by atoms with Crippen molar-refractivity contribution in [2.75, 3.05) is 13.1 Å². The van der Waals surface area contributed by atoms with E-state index in [2.05, 4.69) is 12.2 Å².